The molecule has 0 fully saturated rings. The predicted molar refractivity (Wildman–Crippen MR) is 112 cm³/mol. The average molecular weight is 357 g/mol. The summed E-state index contributed by atoms with van der Waals surface area (Å²) in [6.45, 7) is 7.26. The lowest BCUT2D eigenvalue weighted by Gasteiger charge is -2.30. The van der Waals surface area contributed by atoms with Crippen LogP contribution in [0.3, 0.4) is 0 Å². The van der Waals surface area contributed by atoms with Gasteiger partial charge in [0, 0.05) is 11.6 Å². The number of fused-ring (bicyclic) bond motifs is 2. The zero-order chi connectivity index (χ0) is 18.3. The Morgan fingerprint density at radius 3 is 2.31 bits per heavy atom. The van der Waals surface area contributed by atoms with Gasteiger partial charge in [0.2, 0.25) is 0 Å². The molecule has 2 aromatic carbocycles. The van der Waals surface area contributed by atoms with Crippen molar-refractivity contribution in [3.63, 3.8) is 0 Å². The molecule has 0 unspecified atom stereocenters. The molecule has 1 heterocycles. The Labute approximate surface area is 156 Å². The molecule has 0 atom stereocenters. The van der Waals surface area contributed by atoms with Crippen LogP contribution < -0.4 is 5.19 Å². The minimum Gasteiger partial charge on any atom is -0.255 e. The van der Waals surface area contributed by atoms with Gasteiger partial charge >= 0.3 is 0 Å². The van der Waals surface area contributed by atoms with E-state index in [0.717, 1.165) is 23.9 Å². The van der Waals surface area contributed by atoms with Gasteiger partial charge in [-0.15, -0.1) is 0 Å². The van der Waals surface area contributed by atoms with E-state index in [1.807, 2.05) is 6.20 Å². The van der Waals surface area contributed by atoms with Crippen molar-refractivity contribution < 1.29 is 0 Å². The monoisotopic (exact) mass is 356 g/mol. The van der Waals surface area contributed by atoms with Crippen molar-refractivity contribution >= 4 is 24.2 Å². The van der Waals surface area contributed by atoms with Crippen molar-refractivity contribution in [2.75, 3.05) is 0 Å². The molecule has 0 spiro atoms. The largest absolute Gasteiger partial charge is 0.255 e. The molecule has 1 aliphatic rings. The normalized spacial score (nSPS) is 14.1. The van der Waals surface area contributed by atoms with Crippen molar-refractivity contribution in [3.8, 4) is 17.2 Å². The molecule has 1 aliphatic carbocycles. The zero-order valence-corrected chi connectivity index (χ0v) is 16.8. The van der Waals surface area contributed by atoms with Gasteiger partial charge in [0.25, 0.3) is 0 Å². The fraction of sp³-hybridized carbons (Fsp3) is 0.304. The molecular weight excluding hydrogens is 332 g/mol. The summed E-state index contributed by atoms with van der Waals surface area (Å²) in [5.41, 5.74) is 6.89. The first kappa shape index (κ1) is 17.0. The molecule has 4 rings (SSSR count). The standard InChI is InChI=1S/C23H24N2Si/c1-26(2,3)23-19-12-8-7-11-18(19)20(15-24)22-21(23)17(13-14-25-22)16-9-5-4-6-10-16/h4-6,9-10,13-14H,7-8,11-12H2,1-3H3. The molecule has 0 N–H and O–H groups in total. The molecule has 26 heavy (non-hydrogen) atoms. The number of hydrogen-bond acceptors (Lipinski definition) is 2. The maximum atomic E-state index is 9.97. The summed E-state index contributed by atoms with van der Waals surface area (Å²) in [4.78, 5) is 4.72. The van der Waals surface area contributed by atoms with Crippen LogP contribution in [0.5, 0.6) is 0 Å². The molecule has 3 aromatic rings. The van der Waals surface area contributed by atoms with Crippen LogP contribution in [0.2, 0.25) is 19.6 Å². The fourth-order valence-corrected chi connectivity index (χ4v) is 6.65. The fourth-order valence-electron chi connectivity index (χ4n) is 4.46. The number of hydrogen-bond donors (Lipinski definition) is 0. The zero-order valence-electron chi connectivity index (χ0n) is 15.8. The van der Waals surface area contributed by atoms with E-state index in [4.69, 9.17) is 4.98 Å². The molecule has 0 saturated heterocycles. The molecule has 1 aromatic heterocycles. The summed E-state index contributed by atoms with van der Waals surface area (Å²) in [6.07, 6.45) is 6.39. The predicted octanol–water partition coefficient (Wildman–Crippen LogP) is 5.20. The highest BCUT2D eigenvalue weighted by Gasteiger charge is 2.30. The quantitative estimate of drug-likeness (QED) is 0.592. The number of nitrogens with zero attached hydrogens (tertiary/aromatic N) is 2. The van der Waals surface area contributed by atoms with Crippen LogP contribution in [0.4, 0.5) is 0 Å². The molecule has 0 aliphatic heterocycles. The van der Waals surface area contributed by atoms with E-state index in [-0.39, 0.29) is 0 Å². The molecule has 130 valence electrons. The Hall–Kier alpha value is -2.44. The van der Waals surface area contributed by atoms with Crippen LogP contribution in [0.1, 0.15) is 29.5 Å². The van der Waals surface area contributed by atoms with Gasteiger partial charge in [0.05, 0.1) is 19.2 Å². The van der Waals surface area contributed by atoms with Gasteiger partial charge in [0.1, 0.15) is 6.07 Å². The van der Waals surface area contributed by atoms with Gasteiger partial charge in [-0.1, -0.05) is 50.0 Å². The van der Waals surface area contributed by atoms with Crippen LogP contribution in [0, 0.1) is 11.3 Å². The molecule has 0 amide bonds. The second kappa shape index (κ2) is 6.37. The van der Waals surface area contributed by atoms with Crippen LogP contribution in [-0.2, 0) is 12.8 Å². The number of benzene rings is 2. The highest BCUT2D eigenvalue weighted by atomic mass is 28.3. The van der Waals surface area contributed by atoms with E-state index in [9.17, 15) is 5.26 Å². The lowest BCUT2D eigenvalue weighted by Crippen LogP contribution is -2.42. The summed E-state index contributed by atoms with van der Waals surface area (Å²) >= 11 is 0. The maximum Gasteiger partial charge on any atom is 0.102 e. The Bertz CT molecular complexity index is 1020. The molecule has 0 bridgehead atoms. The first-order valence-corrected chi connectivity index (χ1v) is 12.9. The number of nitriles is 1. The van der Waals surface area contributed by atoms with Crippen LogP contribution in [0.15, 0.2) is 42.6 Å². The van der Waals surface area contributed by atoms with Crippen molar-refractivity contribution in [2.45, 2.75) is 45.3 Å². The van der Waals surface area contributed by atoms with Crippen LogP contribution in [-0.4, -0.2) is 13.1 Å². The average Bonchev–Trinajstić information content (AvgIpc) is 2.65. The van der Waals surface area contributed by atoms with Crippen LogP contribution >= 0.6 is 0 Å². The van der Waals surface area contributed by atoms with Gasteiger partial charge in [-0.05, 0) is 59.2 Å². The lowest BCUT2D eigenvalue weighted by molar-refractivity contribution is 0.688. The van der Waals surface area contributed by atoms with Gasteiger partial charge in [0.15, 0.2) is 0 Å². The molecule has 0 radical (unpaired) electrons. The van der Waals surface area contributed by atoms with Crippen molar-refractivity contribution in [1.29, 1.82) is 5.26 Å². The summed E-state index contributed by atoms with van der Waals surface area (Å²) in [7, 11) is -1.63. The van der Waals surface area contributed by atoms with Gasteiger partial charge < -0.3 is 0 Å². The van der Waals surface area contributed by atoms with Gasteiger partial charge in [-0.3, -0.25) is 4.98 Å². The summed E-state index contributed by atoms with van der Waals surface area (Å²) in [5, 5.41) is 12.7. The third kappa shape index (κ3) is 2.66. The summed E-state index contributed by atoms with van der Waals surface area (Å²) in [6, 6.07) is 15.2. The molecular formula is C23H24N2Si. The highest BCUT2D eigenvalue weighted by Crippen LogP contribution is 2.35. The first-order chi connectivity index (χ1) is 12.5. The minimum absolute atomic E-state index is 0.814. The van der Waals surface area contributed by atoms with E-state index < -0.39 is 8.07 Å². The third-order valence-electron chi connectivity index (χ3n) is 5.46. The summed E-state index contributed by atoms with van der Waals surface area (Å²) in [5.74, 6) is 0. The van der Waals surface area contributed by atoms with E-state index in [0.29, 0.717) is 0 Å². The Kier molecular flexibility index (Phi) is 4.17. The van der Waals surface area contributed by atoms with Crippen molar-refractivity contribution in [2.24, 2.45) is 0 Å². The summed E-state index contributed by atoms with van der Waals surface area (Å²) < 4.78 is 0. The van der Waals surface area contributed by atoms with Gasteiger partial charge in [-0.25, -0.2) is 0 Å². The van der Waals surface area contributed by atoms with E-state index in [1.54, 1.807) is 0 Å². The molecule has 3 heteroatoms. The maximum absolute atomic E-state index is 9.97. The minimum atomic E-state index is -1.63. The second-order valence-corrected chi connectivity index (χ2v) is 13.2. The van der Waals surface area contributed by atoms with Gasteiger partial charge in [-0.2, -0.15) is 5.26 Å². The smallest absolute Gasteiger partial charge is 0.102 e. The molecule has 0 saturated carbocycles. The number of rotatable bonds is 2. The second-order valence-electron chi connectivity index (χ2n) is 8.22. The Morgan fingerprint density at radius 1 is 0.962 bits per heavy atom. The first-order valence-electron chi connectivity index (χ1n) is 9.45. The van der Waals surface area contributed by atoms with Crippen molar-refractivity contribution in [1.82, 2.24) is 4.98 Å². The highest BCUT2D eigenvalue weighted by molar-refractivity contribution is 6.91. The van der Waals surface area contributed by atoms with E-state index >= 15 is 0 Å². The molecule has 2 nitrogen and oxygen atoms in total. The van der Waals surface area contributed by atoms with E-state index in [1.165, 1.54) is 45.7 Å². The topological polar surface area (TPSA) is 36.7 Å². The van der Waals surface area contributed by atoms with Crippen LogP contribution in [0.25, 0.3) is 22.0 Å². The third-order valence-corrected chi connectivity index (χ3v) is 7.51. The number of aromatic nitrogens is 1. The Morgan fingerprint density at radius 2 is 1.65 bits per heavy atom. The Balaban J connectivity index is 2.22. The SMILES string of the molecule is C[Si](C)(C)c1c2c(c(C#N)c3nccc(-c4ccccc4)c13)CCCC2. The van der Waals surface area contributed by atoms with Crippen molar-refractivity contribution in [3.05, 3.63) is 59.3 Å². The number of pyridine rings is 1. The lowest BCUT2D eigenvalue weighted by atomic mass is 9.85. The van der Waals surface area contributed by atoms with E-state index in [2.05, 4.69) is 62.1 Å².